The highest BCUT2D eigenvalue weighted by molar-refractivity contribution is 5.70. The van der Waals surface area contributed by atoms with Crippen LogP contribution in [-0.2, 0) is 21.4 Å². The molecule has 0 bridgehead atoms. The molecule has 3 nitrogen and oxygen atoms in total. The molecule has 148 valence electrons. The van der Waals surface area contributed by atoms with E-state index in [0.717, 1.165) is 35.1 Å². The molecule has 0 amide bonds. The largest absolute Gasteiger partial charge is 0.507 e. The van der Waals surface area contributed by atoms with Crippen molar-refractivity contribution in [2.24, 2.45) is 5.92 Å². The van der Waals surface area contributed by atoms with Crippen LogP contribution in [0.25, 0.3) is 0 Å². The van der Waals surface area contributed by atoms with Gasteiger partial charge in [-0.3, -0.25) is 4.79 Å². The van der Waals surface area contributed by atoms with Crippen LogP contribution in [0.3, 0.4) is 0 Å². The number of carbonyl (C=O) groups excluding carboxylic acids is 1. The summed E-state index contributed by atoms with van der Waals surface area (Å²) in [5.74, 6) is 0.731. The summed E-state index contributed by atoms with van der Waals surface area (Å²) in [6, 6.07) is 2.06. The summed E-state index contributed by atoms with van der Waals surface area (Å²) < 4.78 is 5.52. The van der Waals surface area contributed by atoms with E-state index in [9.17, 15) is 9.90 Å². The number of carbonyl (C=O) groups is 1. The molecule has 0 aromatic heterocycles. The Kier molecular flexibility index (Phi) is 8.66. The predicted octanol–water partition coefficient (Wildman–Crippen LogP) is 6.00. The van der Waals surface area contributed by atoms with Crippen molar-refractivity contribution in [3.63, 3.8) is 0 Å². The van der Waals surface area contributed by atoms with Gasteiger partial charge in [0.05, 0.1) is 6.61 Å². The first-order valence-corrected chi connectivity index (χ1v) is 10.1. The van der Waals surface area contributed by atoms with E-state index >= 15 is 0 Å². The molecule has 0 fully saturated rings. The maximum absolute atomic E-state index is 12.2. The first-order chi connectivity index (χ1) is 12.1. The van der Waals surface area contributed by atoms with E-state index in [2.05, 4.69) is 40.7 Å². The van der Waals surface area contributed by atoms with Crippen LogP contribution in [0.15, 0.2) is 6.07 Å². The van der Waals surface area contributed by atoms with Crippen molar-refractivity contribution in [3.05, 3.63) is 28.3 Å². The van der Waals surface area contributed by atoms with Crippen molar-refractivity contribution in [3.8, 4) is 5.75 Å². The molecule has 0 spiro atoms. The lowest BCUT2D eigenvalue weighted by Crippen LogP contribution is -2.16. The molecule has 0 aliphatic heterocycles. The molecule has 1 N–H and O–H groups in total. The Morgan fingerprint density at radius 3 is 2.38 bits per heavy atom. The number of unbranched alkanes of at least 4 members (excludes halogenated alkanes) is 1. The first kappa shape index (κ1) is 22.5. The van der Waals surface area contributed by atoms with Gasteiger partial charge >= 0.3 is 5.97 Å². The number of rotatable bonds is 9. The average molecular weight is 363 g/mol. The van der Waals surface area contributed by atoms with Crippen LogP contribution in [-0.4, -0.2) is 17.7 Å². The molecule has 3 heteroatoms. The summed E-state index contributed by atoms with van der Waals surface area (Å²) in [4.78, 5) is 12.2. The van der Waals surface area contributed by atoms with Crippen molar-refractivity contribution >= 4 is 5.97 Å². The summed E-state index contributed by atoms with van der Waals surface area (Å²) in [6.07, 6.45) is 5.60. The number of phenols is 1. The van der Waals surface area contributed by atoms with Gasteiger partial charge in [0.2, 0.25) is 0 Å². The Balaban J connectivity index is 2.72. The van der Waals surface area contributed by atoms with Gasteiger partial charge < -0.3 is 9.84 Å². The summed E-state index contributed by atoms with van der Waals surface area (Å²) in [5, 5.41) is 10.5. The summed E-state index contributed by atoms with van der Waals surface area (Å²) in [7, 11) is 0. The molecule has 0 aliphatic rings. The molecule has 0 saturated carbocycles. The van der Waals surface area contributed by atoms with Crippen LogP contribution in [0.2, 0.25) is 0 Å². The molecule has 1 aromatic carbocycles. The monoisotopic (exact) mass is 362 g/mol. The highest BCUT2D eigenvalue weighted by atomic mass is 16.5. The Morgan fingerprint density at radius 1 is 1.19 bits per heavy atom. The number of benzene rings is 1. The van der Waals surface area contributed by atoms with Gasteiger partial charge in [-0.2, -0.15) is 0 Å². The number of ether oxygens (including phenoxy) is 1. The molecule has 1 atom stereocenters. The zero-order chi connectivity index (χ0) is 19.9. The lowest BCUT2D eigenvalue weighted by Gasteiger charge is -2.24. The number of hydrogen-bond acceptors (Lipinski definition) is 3. The normalized spacial score (nSPS) is 12.9. The van der Waals surface area contributed by atoms with E-state index in [1.807, 2.05) is 13.8 Å². The van der Waals surface area contributed by atoms with E-state index < -0.39 is 0 Å². The number of phenolic OH excluding ortho intramolecular Hbond substituents is 1. The Bertz CT molecular complexity index is 596. The van der Waals surface area contributed by atoms with E-state index in [1.54, 1.807) is 0 Å². The Hall–Kier alpha value is -1.51. The Labute approximate surface area is 160 Å². The molecule has 0 aliphatic carbocycles. The minimum Gasteiger partial charge on any atom is -0.507 e. The molecule has 1 aromatic rings. The maximum atomic E-state index is 12.2. The van der Waals surface area contributed by atoms with E-state index in [0.29, 0.717) is 31.1 Å². The van der Waals surface area contributed by atoms with Crippen LogP contribution in [0.5, 0.6) is 5.75 Å². The van der Waals surface area contributed by atoms with Crippen LogP contribution in [0.1, 0.15) is 89.0 Å². The van der Waals surface area contributed by atoms with Gasteiger partial charge in [0.1, 0.15) is 5.75 Å². The van der Waals surface area contributed by atoms with Gasteiger partial charge in [-0.25, -0.2) is 0 Å². The van der Waals surface area contributed by atoms with Gasteiger partial charge in [-0.1, -0.05) is 59.9 Å². The van der Waals surface area contributed by atoms with E-state index in [-0.39, 0.29) is 11.4 Å². The van der Waals surface area contributed by atoms with Gasteiger partial charge in [0.15, 0.2) is 0 Å². The minimum absolute atomic E-state index is 0.123. The molecule has 26 heavy (non-hydrogen) atoms. The Morgan fingerprint density at radius 2 is 1.85 bits per heavy atom. The number of esters is 1. The third-order valence-electron chi connectivity index (χ3n) is 5.40. The fourth-order valence-corrected chi connectivity index (χ4v) is 3.22. The number of aryl methyl sites for hydroxylation is 1. The van der Waals surface area contributed by atoms with Crippen LogP contribution in [0.4, 0.5) is 0 Å². The number of hydrogen-bond donors (Lipinski definition) is 1. The van der Waals surface area contributed by atoms with Crippen LogP contribution >= 0.6 is 0 Å². The van der Waals surface area contributed by atoms with Gasteiger partial charge in [0.25, 0.3) is 0 Å². The van der Waals surface area contributed by atoms with Crippen molar-refractivity contribution in [1.82, 2.24) is 0 Å². The van der Waals surface area contributed by atoms with Crippen molar-refractivity contribution in [2.75, 3.05) is 6.61 Å². The highest BCUT2D eigenvalue weighted by Gasteiger charge is 2.22. The third kappa shape index (κ3) is 6.34. The van der Waals surface area contributed by atoms with Gasteiger partial charge in [-0.05, 0) is 60.3 Å². The lowest BCUT2D eigenvalue weighted by molar-refractivity contribution is -0.145. The zero-order valence-electron chi connectivity index (χ0n) is 17.9. The van der Waals surface area contributed by atoms with Crippen molar-refractivity contribution in [2.45, 2.75) is 92.4 Å². The number of aromatic hydroxyl groups is 1. The SMILES string of the molecule is CCCCC(CC)COC(=O)CCc1cc(C(C)(C)C)c(O)c(C)c1C. The predicted molar refractivity (Wildman–Crippen MR) is 109 cm³/mol. The lowest BCUT2D eigenvalue weighted by atomic mass is 9.82. The van der Waals surface area contributed by atoms with Gasteiger partial charge in [-0.15, -0.1) is 0 Å². The second kappa shape index (κ2) is 9.99. The molecular formula is C23H38O3. The topological polar surface area (TPSA) is 46.5 Å². The molecule has 0 heterocycles. The molecule has 1 unspecified atom stereocenters. The third-order valence-corrected chi connectivity index (χ3v) is 5.40. The quantitative estimate of drug-likeness (QED) is 0.548. The van der Waals surface area contributed by atoms with E-state index in [4.69, 9.17) is 4.74 Å². The standard InChI is InChI=1S/C23H38O3/c1-8-10-11-18(9-2)15-26-21(24)13-12-19-14-20(23(5,6)7)22(25)17(4)16(19)3/h14,18,25H,8-13,15H2,1-7H3. The van der Waals surface area contributed by atoms with Crippen LogP contribution in [0, 0.1) is 19.8 Å². The summed E-state index contributed by atoms with van der Waals surface area (Å²) in [5.41, 5.74) is 3.91. The molecule has 1 rings (SSSR count). The molecule has 0 saturated heterocycles. The first-order valence-electron chi connectivity index (χ1n) is 10.1. The highest BCUT2D eigenvalue weighted by Crippen LogP contribution is 2.36. The van der Waals surface area contributed by atoms with Gasteiger partial charge in [0, 0.05) is 6.42 Å². The minimum atomic E-state index is -0.134. The second-order valence-electron chi connectivity index (χ2n) is 8.53. The van der Waals surface area contributed by atoms with E-state index in [1.165, 1.54) is 12.8 Å². The zero-order valence-corrected chi connectivity index (χ0v) is 17.9. The fourth-order valence-electron chi connectivity index (χ4n) is 3.22. The fraction of sp³-hybridized carbons (Fsp3) is 0.696. The molecule has 0 radical (unpaired) electrons. The summed E-state index contributed by atoms with van der Waals surface area (Å²) >= 11 is 0. The molecular weight excluding hydrogens is 324 g/mol. The van der Waals surface area contributed by atoms with Crippen molar-refractivity contribution < 1.29 is 14.6 Å². The second-order valence-corrected chi connectivity index (χ2v) is 8.53. The summed E-state index contributed by atoms with van der Waals surface area (Å²) in [6.45, 7) is 15.1. The van der Waals surface area contributed by atoms with Crippen LogP contribution < -0.4 is 0 Å². The average Bonchev–Trinajstić information content (AvgIpc) is 2.58. The smallest absolute Gasteiger partial charge is 0.306 e. The van der Waals surface area contributed by atoms with Crippen molar-refractivity contribution in [1.29, 1.82) is 0 Å². The maximum Gasteiger partial charge on any atom is 0.306 e.